The van der Waals surface area contributed by atoms with Gasteiger partial charge in [0.2, 0.25) is 0 Å². The summed E-state index contributed by atoms with van der Waals surface area (Å²) >= 11 is 0. The third-order valence-corrected chi connectivity index (χ3v) is 3.17. The van der Waals surface area contributed by atoms with Gasteiger partial charge in [-0.1, -0.05) is 6.92 Å². The van der Waals surface area contributed by atoms with Gasteiger partial charge in [0, 0.05) is 19.2 Å². The molecule has 0 bridgehead atoms. The molecule has 2 unspecified atom stereocenters. The van der Waals surface area contributed by atoms with Crippen LogP contribution < -0.4 is 5.32 Å². The van der Waals surface area contributed by atoms with Crippen LogP contribution in [-0.4, -0.2) is 35.5 Å². The smallest absolute Gasteiger partial charge is 0.0715 e. The highest BCUT2D eigenvalue weighted by Crippen LogP contribution is 2.27. The van der Waals surface area contributed by atoms with Gasteiger partial charge in [-0.25, -0.2) is 0 Å². The quantitative estimate of drug-likeness (QED) is 0.750. The number of hydrogen-bond acceptors (Lipinski definition) is 3. The van der Waals surface area contributed by atoms with Crippen molar-refractivity contribution in [3.8, 4) is 0 Å². The van der Waals surface area contributed by atoms with Gasteiger partial charge in [-0.2, -0.15) is 0 Å². The Balaban J connectivity index is 2.37. The van der Waals surface area contributed by atoms with Crippen LogP contribution in [0.5, 0.6) is 0 Å². The molecule has 0 aliphatic carbocycles. The molecule has 90 valence electrons. The number of ether oxygens (including phenoxy) is 1. The third kappa shape index (κ3) is 4.49. The molecule has 1 rings (SSSR count). The van der Waals surface area contributed by atoms with Crippen molar-refractivity contribution in [2.24, 2.45) is 0 Å². The SMILES string of the molecule is CCC1(C)CC(NCC(C)(C)O)CCO1. The van der Waals surface area contributed by atoms with Gasteiger partial charge in [0.05, 0.1) is 11.2 Å². The molecule has 1 saturated heterocycles. The molecule has 0 aromatic rings. The van der Waals surface area contributed by atoms with Crippen LogP contribution in [0.2, 0.25) is 0 Å². The van der Waals surface area contributed by atoms with Crippen LogP contribution in [0.1, 0.15) is 47.0 Å². The van der Waals surface area contributed by atoms with Crippen LogP contribution in [0.25, 0.3) is 0 Å². The molecule has 1 aliphatic rings. The molecule has 0 radical (unpaired) electrons. The maximum Gasteiger partial charge on any atom is 0.0715 e. The van der Waals surface area contributed by atoms with Crippen molar-refractivity contribution in [2.75, 3.05) is 13.2 Å². The lowest BCUT2D eigenvalue weighted by Gasteiger charge is -2.38. The summed E-state index contributed by atoms with van der Waals surface area (Å²) in [5.41, 5.74) is -0.601. The van der Waals surface area contributed by atoms with Crippen LogP contribution in [0.4, 0.5) is 0 Å². The first-order valence-electron chi connectivity index (χ1n) is 5.94. The van der Waals surface area contributed by atoms with Crippen molar-refractivity contribution in [3.63, 3.8) is 0 Å². The number of aliphatic hydroxyl groups is 1. The standard InChI is InChI=1S/C12H25NO2/c1-5-12(4)8-10(6-7-15-12)13-9-11(2,3)14/h10,13-14H,5-9H2,1-4H3. The highest BCUT2D eigenvalue weighted by atomic mass is 16.5. The van der Waals surface area contributed by atoms with Crippen molar-refractivity contribution < 1.29 is 9.84 Å². The topological polar surface area (TPSA) is 41.5 Å². The van der Waals surface area contributed by atoms with Gasteiger partial charge in [0.25, 0.3) is 0 Å². The van der Waals surface area contributed by atoms with Gasteiger partial charge in [-0.05, 0) is 40.0 Å². The third-order valence-electron chi connectivity index (χ3n) is 3.17. The predicted octanol–water partition coefficient (Wildman–Crippen LogP) is 1.69. The molecular formula is C12H25NO2. The highest BCUT2D eigenvalue weighted by Gasteiger charge is 2.31. The lowest BCUT2D eigenvalue weighted by atomic mass is 9.89. The molecule has 0 spiro atoms. The number of nitrogens with one attached hydrogen (secondary N) is 1. The minimum Gasteiger partial charge on any atom is -0.389 e. The van der Waals surface area contributed by atoms with E-state index in [-0.39, 0.29) is 5.60 Å². The van der Waals surface area contributed by atoms with Gasteiger partial charge in [0.15, 0.2) is 0 Å². The van der Waals surface area contributed by atoms with E-state index in [1.807, 2.05) is 13.8 Å². The predicted molar refractivity (Wildman–Crippen MR) is 62.0 cm³/mol. The summed E-state index contributed by atoms with van der Waals surface area (Å²) < 4.78 is 5.77. The Morgan fingerprint density at radius 3 is 2.73 bits per heavy atom. The van der Waals surface area contributed by atoms with E-state index in [9.17, 15) is 5.11 Å². The molecule has 0 amide bonds. The molecule has 1 aliphatic heterocycles. The van der Waals surface area contributed by atoms with Crippen molar-refractivity contribution in [1.82, 2.24) is 5.32 Å². The fourth-order valence-corrected chi connectivity index (χ4v) is 1.94. The average Bonchev–Trinajstić information content (AvgIpc) is 2.14. The summed E-state index contributed by atoms with van der Waals surface area (Å²) in [6.07, 6.45) is 3.14. The van der Waals surface area contributed by atoms with E-state index in [2.05, 4.69) is 19.2 Å². The van der Waals surface area contributed by atoms with Crippen LogP contribution in [0.15, 0.2) is 0 Å². The first kappa shape index (κ1) is 12.9. The van der Waals surface area contributed by atoms with Gasteiger partial charge in [-0.3, -0.25) is 0 Å². The minimum atomic E-state index is -0.624. The summed E-state index contributed by atoms with van der Waals surface area (Å²) in [7, 11) is 0. The second-order valence-electron chi connectivity index (χ2n) is 5.53. The van der Waals surface area contributed by atoms with E-state index in [1.54, 1.807) is 0 Å². The maximum absolute atomic E-state index is 9.64. The zero-order chi connectivity index (χ0) is 11.5. The Hall–Kier alpha value is -0.120. The van der Waals surface area contributed by atoms with Crippen LogP contribution in [0, 0.1) is 0 Å². The van der Waals surface area contributed by atoms with Gasteiger partial charge < -0.3 is 15.2 Å². The number of hydrogen-bond donors (Lipinski definition) is 2. The van der Waals surface area contributed by atoms with Gasteiger partial charge in [-0.15, -0.1) is 0 Å². The van der Waals surface area contributed by atoms with Gasteiger partial charge >= 0.3 is 0 Å². The average molecular weight is 215 g/mol. The first-order valence-corrected chi connectivity index (χ1v) is 5.94. The fourth-order valence-electron chi connectivity index (χ4n) is 1.94. The molecule has 15 heavy (non-hydrogen) atoms. The van der Waals surface area contributed by atoms with Crippen molar-refractivity contribution in [2.45, 2.75) is 64.2 Å². The summed E-state index contributed by atoms with van der Waals surface area (Å²) in [6, 6.07) is 0.482. The van der Waals surface area contributed by atoms with Crippen LogP contribution >= 0.6 is 0 Å². The molecule has 2 atom stereocenters. The number of rotatable bonds is 4. The van der Waals surface area contributed by atoms with Gasteiger partial charge in [0.1, 0.15) is 0 Å². The fraction of sp³-hybridized carbons (Fsp3) is 1.00. The summed E-state index contributed by atoms with van der Waals surface area (Å²) in [5.74, 6) is 0. The molecule has 0 aromatic heterocycles. The molecule has 2 N–H and O–H groups in total. The van der Waals surface area contributed by atoms with Crippen molar-refractivity contribution >= 4 is 0 Å². The van der Waals surface area contributed by atoms with Crippen LogP contribution in [0.3, 0.4) is 0 Å². The Labute approximate surface area is 93.2 Å². The van der Waals surface area contributed by atoms with Crippen molar-refractivity contribution in [1.29, 1.82) is 0 Å². The normalized spacial score (nSPS) is 33.0. The van der Waals surface area contributed by atoms with Crippen LogP contribution in [-0.2, 0) is 4.74 Å². The van der Waals surface area contributed by atoms with E-state index in [0.29, 0.717) is 12.6 Å². The summed E-state index contributed by atoms with van der Waals surface area (Å²) in [6.45, 7) is 9.48. The minimum absolute atomic E-state index is 0.0233. The van der Waals surface area contributed by atoms with E-state index in [0.717, 1.165) is 25.9 Å². The molecule has 0 aromatic carbocycles. The summed E-state index contributed by atoms with van der Waals surface area (Å²) in [5, 5.41) is 13.1. The molecule has 1 heterocycles. The highest BCUT2D eigenvalue weighted by molar-refractivity contribution is 4.86. The Kier molecular flexibility index (Phi) is 4.15. The molecule has 3 heteroatoms. The van der Waals surface area contributed by atoms with E-state index < -0.39 is 5.60 Å². The molecule has 1 fully saturated rings. The van der Waals surface area contributed by atoms with E-state index in [1.165, 1.54) is 0 Å². The van der Waals surface area contributed by atoms with E-state index in [4.69, 9.17) is 4.74 Å². The molecular weight excluding hydrogens is 190 g/mol. The first-order chi connectivity index (χ1) is 6.85. The van der Waals surface area contributed by atoms with Crippen molar-refractivity contribution in [3.05, 3.63) is 0 Å². The second-order valence-corrected chi connectivity index (χ2v) is 5.53. The zero-order valence-corrected chi connectivity index (χ0v) is 10.5. The Bertz CT molecular complexity index is 200. The monoisotopic (exact) mass is 215 g/mol. The largest absolute Gasteiger partial charge is 0.389 e. The lowest BCUT2D eigenvalue weighted by molar-refractivity contribution is -0.0799. The molecule has 3 nitrogen and oxygen atoms in total. The Morgan fingerprint density at radius 2 is 2.20 bits per heavy atom. The Morgan fingerprint density at radius 1 is 1.53 bits per heavy atom. The maximum atomic E-state index is 9.64. The second kappa shape index (κ2) is 4.81. The summed E-state index contributed by atoms with van der Waals surface area (Å²) in [4.78, 5) is 0. The lowest BCUT2D eigenvalue weighted by Crippen LogP contribution is -2.48. The zero-order valence-electron chi connectivity index (χ0n) is 10.5. The molecule has 0 saturated carbocycles. The van der Waals surface area contributed by atoms with E-state index >= 15 is 0 Å².